The highest BCUT2D eigenvalue weighted by atomic mass is 16.6. The Morgan fingerprint density at radius 3 is 2.76 bits per heavy atom. The number of carbonyl (C=O) groups excluding carboxylic acids is 1. The molecule has 1 amide bonds. The number of aliphatic hydroxyl groups excluding tert-OH is 1. The number of nitro groups is 1. The van der Waals surface area contributed by atoms with Crippen LogP contribution in [0.25, 0.3) is 0 Å². The van der Waals surface area contributed by atoms with E-state index in [9.17, 15) is 14.9 Å². The number of aliphatic hydroxyl groups is 1. The maximum absolute atomic E-state index is 11.7. The number of nitrogens with zero attached hydrogens (tertiary/aromatic N) is 1. The third-order valence-corrected chi connectivity index (χ3v) is 2.30. The summed E-state index contributed by atoms with van der Waals surface area (Å²) in [6, 6.07) is 4.32. The number of hydrogen-bond acceptors (Lipinski definition) is 4. The highest BCUT2D eigenvalue weighted by Gasteiger charge is 2.17. The van der Waals surface area contributed by atoms with Crippen LogP contribution in [0.4, 0.5) is 5.69 Å². The summed E-state index contributed by atoms with van der Waals surface area (Å²) < 4.78 is 0. The molecule has 0 aliphatic heterocycles. The van der Waals surface area contributed by atoms with Gasteiger partial charge in [0.05, 0.1) is 11.0 Å². The highest BCUT2D eigenvalue weighted by Crippen LogP contribution is 2.20. The van der Waals surface area contributed by atoms with Crippen molar-refractivity contribution in [3.63, 3.8) is 0 Å². The lowest BCUT2D eigenvalue weighted by atomic mass is 10.1. The predicted molar refractivity (Wildman–Crippen MR) is 61.8 cm³/mol. The van der Waals surface area contributed by atoms with Gasteiger partial charge in [0.1, 0.15) is 0 Å². The van der Waals surface area contributed by atoms with Crippen LogP contribution in [0.1, 0.15) is 22.8 Å². The van der Waals surface area contributed by atoms with Crippen molar-refractivity contribution in [2.24, 2.45) is 0 Å². The van der Waals surface area contributed by atoms with Crippen molar-refractivity contribution in [3.8, 4) is 0 Å². The van der Waals surface area contributed by atoms with Gasteiger partial charge in [0, 0.05) is 23.7 Å². The lowest BCUT2D eigenvalue weighted by Gasteiger charge is -2.09. The largest absolute Gasteiger partial charge is 0.392 e. The van der Waals surface area contributed by atoms with E-state index >= 15 is 0 Å². The molecule has 0 spiro atoms. The Bertz CT molecular complexity index is 443. The zero-order valence-electron chi connectivity index (χ0n) is 9.64. The Labute approximate surface area is 98.4 Å². The first-order valence-electron chi connectivity index (χ1n) is 5.13. The van der Waals surface area contributed by atoms with Crippen LogP contribution in [0.5, 0.6) is 0 Å². The molecule has 6 nitrogen and oxygen atoms in total. The number of hydrogen-bond donors (Lipinski definition) is 2. The van der Waals surface area contributed by atoms with Crippen molar-refractivity contribution < 1.29 is 14.8 Å². The minimum Gasteiger partial charge on any atom is -0.392 e. The maximum Gasteiger partial charge on any atom is 0.273 e. The third-order valence-electron chi connectivity index (χ3n) is 2.30. The first-order valence-corrected chi connectivity index (χ1v) is 5.13. The molecule has 0 saturated carbocycles. The first-order chi connectivity index (χ1) is 7.93. The van der Waals surface area contributed by atoms with Gasteiger partial charge in [0.25, 0.3) is 11.6 Å². The van der Waals surface area contributed by atoms with Crippen molar-refractivity contribution in [1.82, 2.24) is 5.32 Å². The van der Waals surface area contributed by atoms with E-state index in [0.29, 0.717) is 5.56 Å². The molecule has 0 unspecified atom stereocenters. The van der Waals surface area contributed by atoms with Crippen molar-refractivity contribution in [2.45, 2.75) is 20.0 Å². The van der Waals surface area contributed by atoms with Gasteiger partial charge in [-0.15, -0.1) is 0 Å². The topological polar surface area (TPSA) is 92.5 Å². The van der Waals surface area contributed by atoms with E-state index in [2.05, 4.69) is 5.32 Å². The molecule has 1 aromatic rings. The van der Waals surface area contributed by atoms with E-state index < -0.39 is 16.9 Å². The van der Waals surface area contributed by atoms with Gasteiger partial charge in [0.2, 0.25) is 0 Å². The van der Waals surface area contributed by atoms with Crippen LogP contribution in [0.15, 0.2) is 18.2 Å². The van der Waals surface area contributed by atoms with Crippen LogP contribution >= 0.6 is 0 Å². The molecular formula is C11H14N2O4. The van der Waals surface area contributed by atoms with Gasteiger partial charge in [-0.3, -0.25) is 14.9 Å². The van der Waals surface area contributed by atoms with Gasteiger partial charge >= 0.3 is 0 Å². The van der Waals surface area contributed by atoms with Crippen LogP contribution in [0.3, 0.4) is 0 Å². The molecule has 17 heavy (non-hydrogen) atoms. The Morgan fingerprint density at radius 1 is 1.59 bits per heavy atom. The summed E-state index contributed by atoms with van der Waals surface area (Å²) in [5.41, 5.74) is 0.482. The minimum absolute atomic E-state index is 0.0882. The summed E-state index contributed by atoms with van der Waals surface area (Å²) in [4.78, 5) is 21.9. The quantitative estimate of drug-likeness (QED) is 0.605. The van der Waals surface area contributed by atoms with Crippen LogP contribution in [0.2, 0.25) is 0 Å². The highest BCUT2D eigenvalue weighted by molar-refractivity contribution is 5.96. The zero-order valence-corrected chi connectivity index (χ0v) is 9.64. The Balaban J connectivity index is 2.95. The van der Waals surface area contributed by atoms with Gasteiger partial charge in [-0.25, -0.2) is 0 Å². The molecule has 6 heteroatoms. The number of amides is 1. The average molecular weight is 238 g/mol. The average Bonchev–Trinajstić information content (AvgIpc) is 2.25. The number of benzene rings is 1. The lowest BCUT2D eigenvalue weighted by Crippen LogP contribution is -2.31. The fourth-order valence-corrected chi connectivity index (χ4v) is 1.40. The predicted octanol–water partition coefficient (Wildman–Crippen LogP) is 1.01. The second kappa shape index (κ2) is 5.40. The molecule has 1 atom stereocenters. The Kier molecular flexibility index (Phi) is 4.17. The van der Waals surface area contributed by atoms with Gasteiger partial charge in [-0.2, -0.15) is 0 Å². The van der Waals surface area contributed by atoms with Crippen LogP contribution in [-0.2, 0) is 0 Å². The Hall–Kier alpha value is -1.95. The van der Waals surface area contributed by atoms with E-state index in [1.165, 1.54) is 25.1 Å². The number of carbonyl (C=O) groups is 1. The molecule has 0 bridgehead atoms. The molecule has 92 valence electrons. The summed E-state index contributed by atoms with van der Waals surface area (Å²) in [7, 11) is 0. The molecule has 1 aromatic carbocycles. The van der Waals surface area contributed by atoms with Crippen LogP contribution < -0.4 is 5.32 Å². The molecule has 0 heterocycles. The number of nitro benzene ring substituents is 1. The molecule has 0 aliphatic carbocycles. The minimum atomic E-state index is -0.655. The smallest absolute Gasteiger partial charge is 0.273 e. The van der Waals surface area contributed by atoms with E-state index in [-0.39, 0.29) is 17.8 Å². The van der Waals surface area contributed by atoms with Gasteiger partial charge in [-0.05, 0) is 19.9 Å². The SMILES string of the molecule is Cc1c(C(=O)NC[C@H](C)O)cccc1[N+](=O)[O-]. The molecule has 1 rings (SSSR count). The zero-order chi connectivity index (χ0) is 13.0. The van der Waals surface area contributed by atoms with Crippen LogP contribution in [0, 0.1) is 17.0 Å². The molecule has 0 aromatic heterocycles. The van der Waals surface area contributed by atoms with Crippen LogP contribution in [-0.4, -0.2) is 28.6 Å². The summed E-state index contributed by atoms with van der Waals surface area (Å²) in [5.74, 6) is -0.424. The Morgan fingerprint density at radius 2 is 2.24 bits per heavy atom. The second-order valence-corrected chi connectivity index (χ2v) is 3.77. The second-order valence-electron chi connectivity index (χ2n) is 3.77. The van der Waals surface area contributed by atoms with E-state index in [1.807, 2.05) is 0 Å². The lowest BCUT2D eigenvalue weighted by molar-refractivity contribution is -0.385. The van der Waals surface area contributed by atoms with Crippen molar-refractivity contribution in [1.29, 1.82) is 0 Å². The normalized spacial score (nSPS) is 11.9. The van der Waals surface area contributed by atoms with Gasteiger partial charge < -0.3 is 10.4 Å². The summed E-state index contributed by atoms with van der Waals surface area (Å²) in [6.45, 7) is 3.18. The number of rotatable bonds is 4. The summed E-state index contributed by atoms with van der Waals surface area (Å²) >= 11 is 0. The molecule has 0 fully saturated rings. The van der Waals surface area contributed by atoms with Gasteiger partial charge in [-0.1, -0.05) is 6.07 Å². The molecular weight excluding hydrogens is 224 g/mol. The van der Waals surface area contributed by atoms with Gasteiger partial charge in [0.15, 0.2) is 0 Å². The van der Waals surface area contributed by atoms with E-state index in [1.54, 1.807) is 6.92 Å². The van der Waals surface area contributed by atoms with Crippen molar-refractivity contribution in [2.75, 3.05) is 6.54 Å². The van der Waals surface area contributed by atoms with Crippen molar-refractivity contribution in [3.05, 3.63) is 39.4 Å². The monoisotopic (exact) mass is 238 g/mol. The van der Waals surface area contributed by atoms with Crippen molar-refractivity contribution >= 4 is 11.6 Å². The maximum atomic E-state index is 11.7. The molecule has 0 radical (unpaired) electrons. The third kappa shape index (κ3) is 3.25. The van der Waals surface area contributed by atoms with E-state index in [4.69, 9.17) is 5.11 Å². The first kappa shape index (κ1) is 13.1. The summed E-state index contributed by atoms with van der Waals surface area (Å²) in [5, 5.41) is 22.2. The molecule has 0 aliphatic rings. The van der Waals surface area contributed by atoms with E-state index in [0.717, 1.165) is 0 Å². The summed E-state index contributed by atoms with van der Waals surface area (Å²) in [6.07, 6.45) is -0.655. The standard InChI is InChI=1S/C11H14N2O4/c1-7(14)6-12-11(15)9-4-3-5-10(8(9)2)13(16)17/h3-5,7,14H,6H2,1-2H3,(H,12,15)/t7-/m0/s1. The fourth-order valence-electron chi connectivity index (χ4n) is 1.40. The molecule has 0 saturated heterocycles. The molecule has 2 N–H and O–H groups in total. The fraction of sp³-hybridized carbons (Fsp3) is 0.364. The number of nitrogens with one attached hydrogen (secondary N) is 1.